The molecule has 0 aliphatic carbocycles. The van der Waals surface area contributed by atoms with Gasteiger partial charge in [-0.3, -0.25) is 0 Å². The minimum Gasteiger partial charge on any atom is -0.300 e. The normalized spacial score (nSPS) is 20.6. The summed E-state index contributed by atoms with van der Waals surface area (Å²) in [5, 5.41) is 0. The van der Waals surface area contributed by atoms with Gasteiger partial charge in [-0.1, -0.05) is 0 Å². The van der Waals surface area contributed by atoms with Crippen molar-refractivity contribution in [2.45, 2.75) is 38.8 Å². The summed E-state index contributed by atoms with van der Waals surface area (Å²) < 4.78 is 0. The van der Waals surface area contributed by atoms with Crippen LogP contribution in [0.25, 0.3) is 0 Å². The Morgan fingerprint density at radius 1 is 1.38 bits per heavy atom. The standard InChI is InChI=1S/C9H19N2O2/c1-8(2)10-6-4-9(5-7-10)11(12)13-3/h8-9H,4-7H2,1-3H3/q+1. The van der Waals surface area contributed by atoms with Crippen LogP contribution in [0.15, 0.2) is 0 Å². The number of rotatable bonds is 3. The Labute approximate surface area is 79.4 Å². The molecule has 0 amide bonds. The number of hydrogen-bond acceptors (Lipinski definition) is 3. The molecule has 1 rings (SSSR count). The van der Waals surface area contributed by atoms with Crippen LogP contribution in [-0.4, -0.2) is 42.1 Å². The average Bonchev–Trinajstić information content (AvgIpc) is 2.17. The van der Waals surface area contributed by atoms with Crippen LogP contribution >= 0.6 is 0 Å². The van der Waals surface area contributed by atoms with Gasteiger partial charge in [0.1, 0.15) is 0 Å². The lowest BCUT2D eigenvalue weighted by Crippen LogP contribution is -2.43. The Hall–Kier alpha value is -0.640. The predicted molar refractivity (Wildman–Crippen MR) is 50.4 cm³/mol. The Morgan fingerprint density at radius 3 is 2.31 bits per heavy atom. The van der Waals surface area contributed by atoms with Crippen LogP contribution in [0.2, 0.25) is 0 Å². The summed E-state index contributed by atoms with van der Waals surface area (Å²) in [5.74, 6) is 0. The lowest BCUT2D eigenvalue weighted by Gasteiger charge is -2.30. The zero-order chi connectivity index (χ0) is 9.84. The number of hydrogen-bond donors (Lipinski definition) is 0. The smallest absolute Gasteiger partial charge is 0.259 e. The van der Waals surface area contributed by atoms with Crippen molar-refractivity contribution in [3.63, 3.8) is 0 Å². The largest absolute Gasteiger partial charge is 0.300 e. The molecule has 4 heteroatoms. The van der Waals surface area contributed by atoms with Crippen LogP contribution in [0.1, 0.15) is 26.7 Å². The molecule has 0 radical (unpaired) electrons. The molecule has 1 aliphatic rings. The first-order valence-electron chi connectivity index (χ1n) is 4.89. The molecule has 0 bridgehead atoms. The topological polar surface area (TPSA) is 32.6 Å². The molecule has 4 nitrogen and oxygen atoms in total. The minimum atomic E-state index is 0.0556. The van der Waals surface area contributed by atoms with Gasteiger partial charge in [-0.25, -0.2) is 4.84 Å². The van der Waals surface area contributed by atoms with Gasteiger partial charge in [0.2, 0.25) is 4.92 Å². The van der Waals surface area contributed by atoms with E-state index in [9.17, 15) is 4.91 Å². The zero-order valence-corrected chi connectivity index (χ0v) is 8.69. The fourth-order valence-corrected chi connectivity index (χ4v) is 1.76. The van der Waals surface area contributed by atoms with Gasteiger partial charge in [0.25, 0.3) is 6.04 Å². The maximum Gasteiger partial charge on any atom is 0.259 e. The van der Waals surface area contributed by atoms with E-state index in [2.05, 4.69) is 23.6 Å². The average molecular weight is 187 g/mol. The monoisotopic (exact) mass is 187 g/mol. The van der Waals surface area contributed by atoms with E-state index in [1.54, 1.807) is 0 Å². The van der Waals surface area contributed by atoms with Gasteiger partial charge in [-0.2, -0.15) is 0 Å². The summed E-state index contributed by atoms with van der Waals surface area (Å²) >= 11 is 0. The van der Waals surface area contributed by atoms with Crippen LogP contribution in [0.3, 0.4) is 0 Å². The molecule has 1 aliphatic heterocycles. The van der Waals surface area contributed by atoms with Gasteiger partial charge in [-0.15, -0.1) is 0 Å². The summed E-state index contributed by atoms with van der Waals surface area (Å²) in [6.45, 7) is 6.38. The van der Waals surface area contributed by atoms with E-state index in [4.69, 9.17) is 0 Å². The van der Waals surface area contributed by atoms with E-state index >= 15 is 0 Å². The highest BCUT2D eigenvalue weighted by Gasteiger charge is 2.32. The fraction of sp³-hybridized carbons (Fsp3) is 1.00. The van der Waals surface area contributed by atoms with E-state index in [0.29, 0.717) is 6.04 Å². The molecule has 0 aromatic carbocycles. The lowest BCUT2D eigenvalue weighted by atomic mass is 10.0. The Kier molecular flexibility index (Phi) is 3.66. The molecule has 76 valence electrons. The molecule has 0 spiro atoms. The second kappa shape index (κ2) is 4.56. The Balaban J connectivity index is 2.34. The molecule has 0 unspecified atom stereocenters. The van der Waals surface area contributed by atoms with Crippen molar-refractivity contribution < 1.29 is 9.76 Å². The molecule has 1 fully saturated rings. The molecule has 0 atom stereocenters. The molecule has 0 saturated carbocycles. The van der Waals surface area contributed by atoms with Crippen LogP contribution in [0, 0.1) is 4.91 Å². The van der Waals surface area contributed by atoms with Crippen LogP contribution in [0.4, 0.5) is 0 Å². The molecular formula is C9H19N2O2+. The van der Waals surface area contributed by atoms with Crippen molar-refractivity contribution in [3.05, 3.63) is 4.91 Å². The van der Waals surface area contributed by atoms with Gasteiger partial charge in [-0.05, 0) is 13.8 Å². The number of likely N-dealkylation sites (tertiary alicyclic amines) is 1. The summed E-state index contributed by atoms with van der Waals surface area (Å²) in [6.07, 6.45) is 1.82. The van der Waals surface area contributed by atoms with Crippen LogP contribution < -0.4 is 0 Å². The summed E-state index contributed by atoms with van der Waals surface area (Å²) in [4.78, 5) is 18.9. The summed E-state index contributed by atoms with van der Waals surface area (Å²) in [6, 6.07) is 0.642. The van der Waals surface area contributed by atoms with Crippen molar-refractivity contribution in [1.29, 1.82) is 0 Å². The van der Waals surface area contributed by atoms with E-state index in [-0.39, 0.29) is 6.04 Å². The number of piperidine rings is 1. The maximum absolute atomic E-state index is 11.1. The molecule has 0 aromatic rings. The highest BCUT2D eigenvalue weighted by molar-refractivity contribution is 4.73. The maximum atomic E-state index is 11.1. The highest BCUT2D eigenvalue weighted by atomic mass is 16.8. The van der Waals surface area contributed by atoms with Crippen LogP contribution in [0.5, 0.6) is 0 Å². The van der Waals surface area contributed by atoms with Gasteiger partial charge >= 0.3 is 0 Å². The summed E-state index contributed by atoms with van der Waals surface area (Å²) in [7, 11) is 1.43. The highest BCUT2D eigenvalue weighted by Crippen LogP contribution is 2.15. The third-order valence-corrected chi connectivity index (χ3v) is 2.71. The van der Waals surface area contributed by atoms with E-state index in [0.717, 1.165) is 30.9 Å². The van der Waals surface area contributed by atoms with Crippen molar-refractivity contribution in [1.82, 2.24) is 4.90 Å². The Morgan fingerprint density at radius 2 is 1.92 bits per heavy atom. The SMILES string of the molecule is CO[N+](=O)C1CCN(C(C)C)CC1. The van der Waals surface area contributed by atoms with Gasteiger partial charge < -0.3 is 4.90 Å². The molecule has 1 heterocycles. The van der Waals surface area contributed by atoms with Crippen LogP contribution in [-0.2, 0) is 4.84 Å². The zero-order valence-electron chi connectivity index (χ0n) is 8.69. The summed E-state index contributed by atoms with van der Waals surface area (Å²) in [5.41, 5.74) is 0. The first-order valence-corrected chi connectivity index (χ1v) is 4.89. The molecule has 0 N–H and O–H groups in total. The Bertz CT molecular complexity index is 174. The molecular weight excluding hydrogens is 168 g/mol. The van der Waals surface area contributed by atoms with Gasteiger partial charge in [0.05, 0.1) is 4.91 Å². The minimum absolute atomic E-state index is 0.0556. The van der Waals surface area contributed by atoms with Gasteiger partial charge in [0.15, 0.2) is 7.11 Å². The molecule has 0 aromatic heterocycles. The first-order chi connectivity index (χ1) is 6.15. The third kappa shape index (κ3) is 2.66. The van der Waals surface area contributed by atoms with E-state index in [1.807, 2.05) is 0 Å². The predicted octanol–water partition coefficient (Wildman–Crippen LogP) is 1.20. The second-order valence-corrected chi connectivity index (χ2v) is 3.83. The lowest BCUT2D eigenvalue weighted by molar-refractivity contribution is -0.821. The fourth-order valence-electron chi connectivity index (χ4n) is 1.76. The van der Waals surface area contributed by atoms with Gasteiger partial charge in [0, 0.05) is 32.0 Å². The van der Waals surface area contributed by atoms with Crippen molar-refractivity contribution in [2.75, 3.05) is 20.2 Å². The van der Waals surface area contributed by atoms with Crippen molar-refractivity contribution in [2.24, 2.45) is 0 Å². The van der Waals surface area contributed by atoms with E-state index in [1.165, 1.54) is 7.11 Å². The quantitative estimate of drug-likeness (QED) is 0.622. The molecule has 13 heavy (non-hydrogen) atoms. The second-order valence-electron chi connectivity index (χ2n) is 3.83. The van der Waals surface area contributed by atoms with Crippen molar-refractivity contribution in [3.8, 4) is 0 Å². The molecule has 1 saturated heterocycles. The number of nitrogens with zero attached hydrogens (tertiary/aromatic N) is 2. The van der Waals surface area contributed by atoms with Crippen molar-refractivity contribution >= 4 is 0 Å². The first kappa shape index (κ1) is 10.4. The third-order valence-electron chi connectivity index (χ3n) is 2.71. The van der Waals surface area contributed by atoms with E-state index < -0.39 is 0 Å².